The van der Waals surface area contributed by atoms with Gasteiger partial charge in [-0.2, -0.15) is 0 Å². The first-order valence-electron chi connectivity index (χ1n) is 16.9. The normalized spacial score (nSPS) is 11.0. The van der Waals surface area contributed by atoms with Crippen LogP contribution in [0.4, 0.5) is 0 Å². The zero-order chi connectivity index (χ0) is 40.0. The predicted molar refractivity (Wildman–Crippen MR) is 210 cm³/mol. The zero-order valence-electron chi connectivity index (χ0n) is 35.2. The topological polar surface area (TPSA) is 207 Å². The van der Waals surface area contributed by atoms with Gasteiger partial charge < -0.3 is 29.2 Å². The second-order valence-corrected chi connectivity index (χ2v) is 15.4. The van der Waals surface area contributed by atoms with E-state index in [1.54, 1.807) is 97.1 Å². The van der Waals surface area contributed by atoms with E-state index in [2.05, 4.69) is 0 Å². The Morgan fingerprint density at radius 3 is 0.823 bits per heavy atom. The summed E-state index contributed by atoms with van der Waals surface area (Å²) in [6.07, 6.45) is 9.77. The minimum Gasteiger partial charge on any atom is -0.889 e. The van der Waals surface area contributed by atoms with E-state index in [9.17, 15) is 46.0 Å². The first-order chi connectivity index (χ1) is 26.6. The third-order valence-corrected chi connectivity index (χ3v) is 10.6. The number of hydrogen-bond acceptors (Lipinski definition) is 10. The van der Waals surface area contributed by atoms with Crippen LogP contribution in [-0.4, -0.2) is 40.2 Å². The van der Waals surface area contributed by atoms with Crippen LogP contribution < -0.4 is 144 Å². The molecule has 0 N–H and O–H groups in total. The van der Waals surface area contributed by atoms with E-state index in [1.165, 1.54) is 60.7 Å². The molecule has 0 amide bonds. The van der Waals surface area contributed by atoms with E-state index >= 15 is 0 Å². The molecule has 6 rings (SSSR count). The van der Waals surface area contributed by atoms with Gasteiger partial charge in [-0.1, -0.05) is 172 Å². The van der Waals surface area contributed by atoms with Crippen molar-refractivity contribution in [2.45, 2.75) is 9.79 Å². The Bertz CT molecular complexity index is 2500. The minimum absolute atomic E-state index is 0. The van der Waals surface area contributed by atoms with Gasteiger partial charge in [0.25, 0.3) is 0 Å². The molecule has 0 aliphatic heterocycles. The molecule has 10 nitrogen and oxygen atoms in total. The van der Waals surface area contributed by atoms with E-state index in [4.69, 9.17) is 0 Å². The monoisotopic (exact) mass is 820 g/mol. The fourth-order valence-electron chi connectivity index (χ4n) is 5.80. The third kappa shape index (κ3) is 16.4. The SMILES string of the molecule is O=S(=O)([O-])c1cc(-c2ccc(/C=C/c3ccc(B([O-])[O-])cc3)cc2)ccc1/C=C/c1ccc(-c2ccc(/C=C/c3ccc(B([O-])[O-])cc3)cc2)cc1S(=O)(=O)[O-].[Li+].[Li+].[Li+].[Li+].[Li+].[Li+]. The van der Waals surface area contributed by atoms with Gasteiger partial charge >= 0.3 is 113 Å². The van der Waals surface area contributed by atoms with E-state index in [0.717, 1.165) is 22.3 Å². The van der Waals surface area contributed by atoms with Crippen molar-refractivity contribution in [3.05, 3.63) is 167 Å². The van der Waals surface area contributed by atoms with E-state index in [-0.39, 0.29) is 135 Å². The summed E-state index contributed by atoms with van der Waals surface area (Å²) in [6.45, 7) is 0. The maximum absolute atomic E-state index is 12.4. The van der Waals surface area contributed by atoms with Crippen LogP contribution in [0, 0.1) is 0 Å². The minimum atomic E-state index is -4.99. The molecule has 62 heavy (non-hydrogen) atoms. The van der Waals surface area contributed by atoms with Gasteiger partial charge in [-0.15, -0.1) is 10.9 Å². The van der Waals surface area contributed by atoms with Crippen LogP contribution in [-0.2, 0) is 20.2 Å². The third-order valence-electron chi connectivity index (χ3n) is 8.85. The number of benzene rings is 6. The Labute approximate surface area is 435 Å². The average molecular weight is 820 g/mol. The van der Waals surface area contributed by atoms with Crippen LogP contribution in [0.5, 0.6) is 0 Å². The Hall–Kier alpha value is -2.09. The van der Waals surface area contributed by atoms with Gasteiger partial charge in [-0.25, -0.2) is 16.8 Å². The van der Waals surface area contributed by atoms with E-state index < -0.39 is 44.3 Å². The quantitative estimate of drug-likeness (QED) is 0.0648. The first kappa shape index (κ1) is 59.9. The van der Waals surface area contributed by atoms with Crippen molar-refractivity contribution < 1.29 is 159 Å². The van der Waals surface area contributed by atoms with Gasteiger partial charge in [0.1, 0.15) is 20.2 Å². The van der Waals surface area contributed by atoms with Crippen LogP contribution in [0.25, 0.3) is 58.7 Å². The standard InChI is InChI=1S/C42H30B2O10S2.6Li/c45-43(46)39-23-9-31(10-24-39)3-1-29-5-13-33(14-6-29)37-21-19-35(41(27-37)55(49,50)51)17-18-36-20-22-38(28-42(36)56(52,53)54)34-15-7-30(8-16-34)2-4-32-11-25-40(26-12-32)44(47)48;;;;;;/h1-28H,(H,49,50,51)(H,52,53,54);;;;;;/q-4;6*+1/p-2/b3-1+,4-2+,18-17+;;;;;;. The fraction of sp³-hybridized carbons (Fsp3) is 0. The van der Waals surface area contributed by atoms with Crippen LogP contribution in [0.3, 0.4) is 0 Å². The Morgan fingerprint density at radius 2 is 0.581 bits per heavy atom. The summed E-state index contributed by atoms with van der Waals surface area (Å²) in [5.41, 5.74) is 5.58. The fourth-order valence-corrected chi connectivity index (χ4v) is 7.19. The molecule has 0 aliphatic rings. The van der Waals surface area contributed by atoms with Gasteiger partial charge in [-0.3, -0.25) is 0 Å². The van der Waals surface area contributed by atoms with Crippen molar-refractivity contribution in [2.75, 3.05) is 0 Å². The maximum Gasteiger partial charge on any atom is 1.00 e. The summed E-state index contributed by atoms with van der Waals surface area (Å²) in [6, 6.07) is 35.2. The van der Waals surface area contributed by atoms with Crippen molar-refractivity contribution in [1.29, 1.82) is 0 Å². The van der Waals surface area contributed by atoms with Gasteiger partial charge in [0.05, 0.1) is 9.79 Å². The van der Waals surface area contributed by atoms with Crippen molar-refractivity contribution in [3.63, 3.8) is 0 Å². The molecular weight excluding hydrogens is 792 g/mol. The molecule has 280 valence electrons. The molecule has 0 heterocycles. The molecule has 0 unspecified atom stereocenters. The molecule has 0 atom stereocenters. The summed E-state index contributed by atoms with van der Waals surface area (Å²) in [7, 11) is -14.1. The second kappa shape index (κ2) is 26.8. The Kier molecular flexibility index (Phi) is 25.9. The molecule has 0 bridgehead atoms. The molecule has 0 aromatic heterocycles. The summed E-state index contributed by atoms with van der Waals surface area (Å²) in [5, 5.41) is 44.2. The van der Waals surface area contributed by atoms with Gasteiger partial charge in [-0.05, 0) is 67.8 Å². The van der Waals surface area contributed by atoms with E-state index in [0.29, 0.717) is 22.3 Å². The maximum atomic E-state index is 12.4. The number of hydrogen-bond donors (Lipinski definition) is 0. The largest absolute Gasteiger partial charge is 1.00 e. The van der Waals surface area contributed by atoms with Crippen molar-refractivity contribution in [2.24, 2.45) is 0 Å². The molecule has 0 radical (unpaired) electrons. The Morgan fingerprint density at radius 1 is 0.339 bits per heavy atom. The van der Waals surface area contributed by atoms with Crippen LogP contribution in [0.1, 0.15) is 33.4 Å². The first-order valence-corrected chi connectivity index (χ1v) is 19.7. The van der Waals surface area contributed by atoms with Gasteiger partial charge in [0, 0.05) is 0 Å². The molecule has 0 saturated carbocycles. The summed E-state index contributed by atoms with van der Waals surface area (Å²) >= 11 is 0. The van der Waals surface area contributed by atoms with E-state index in [1.807, 2.05) is 12.2 Å². The smallest absolute Gasteiger partial charge is 0.889 e. The van der Waals surface area contributed by atoms with Crippen LogP contribution in [0.15, 0.2) is 143 Å². The number of rotatable bonds is 12. The molecular formula is C42H28B2Li6O10S2. The van der Waals surface area contributed by atoms with Crippen LogP contribution >= 0.6 is 0 Å². The summed E-state index contributed by atoms with van der Waals surface area (Å²) in [5.74, 6) is 0. The Balaban J connectivity index is 0.00000620. The molecule has 6 aromatic rings. The second-order valence-electron chi connectivity index (χ2n) is 12.7. The molecule has 6 aromatic carbocycles. The molecule has 0 aliphatic carbocycles. The van der Waals surface area contributed by atoms with Gasteiger partial charge in [0.15, 0.2) is 0 Å². The van der Waals surface area contributed by atoms with Crippen molar-refractivity contribution in [1.82, 2.24) is 0 Å². The average Bonchev–Trinajstić information content (AvgIpc) is 3.18. The molecule has 20 heteroatoms. The van der Waals surface area contributed by atoms with Crippen LogP contribution in [0.2, 0.25) is 0 Å². The summed E-state index contributed by atoms with van der Waals surface area (Å²) < 4.78 is 74.3. The van der Waals surface area contributed by atoms with Crippen molar-refractivity contribution >= 4 is 81.9 Å². The molecule has 0 spiro atoms. The van der Waals surface area contributed by atoms with Crippen molar-refractivity contribution in [3.8, 4) is 22.3 Å². The predicted octanol–water partition coefficient (Wildman–Crippen LogP) is -15.8. The zero-order valence-corrected chi connectivity index (χ0v) is 36.9. The molecule has 0 fully saturated rings. The summed E-state index contributed by atoms with van der Waals surface area (Å²) in [4.78, 5) is -1.07. The molecule has 0 saturated heterocycles. The van der Waals surface area contributed by atoms with Gasteiger partial charge in [0.2, 0.25) is 0 Å².